The molecule has 1 unspecified atom stereocenters. The first kappa shape index (κ1) is 12.0. The first-order chi connectivity index (χ1) is 7.77. The molecule has 0 saturated carbocycles. The zero-order valence-electron chi connectivity index (χ0n) is 11.1. The second-order valence-corrected chi connectivity index (χ2v) is 5.38. The molecule has 0 aromatic rings. The van der Waals surface area contributed by atoms with Crippen molar-refractivity contribution in [2.45, 2.75) is 65.7 Å². The monoisotopic (exact) mass is 217 g/mol. The highest BCUT2D eigenvalue weighted by molar-refractivity contribution is 5.56. The fraction of sp³-hybridized carbons (Fsp3) is 0.688. The van der Waals surface area contributed by atoms with Crippen molar-refractivity contribution in [1.29, 1.82) is 0 Å². The van der Waals surface area contributed by atoms with Crippen LogP contribution >= 0.6 is 0 Å². The van der Waals surface area contributed by atoms with Crippen LogP contribution in [0.4, 0.5) is 0 Å². The number of hydrogen-bond donors (Lipinski definition) is 0. The fourth-order valence-electron chi connectivity index (χ4n) is 3.34. The van der Waals surface area contributed by atoms with Gasteiger partial charge in [-0.1, -0.05) is 44.8 Å². The van der Waals surface area contributed by atoms with Crippen LogP contribution in [0.3, 0.4) is 0 Å². The van der Waals surface area contributed by atoms with E-state index in [4.69, 9.17) is 0 Å². The lowest BCUT2D eigenvalue weighted by Gasteiger charge is -2.23. The normalized spacial score (nSPS) is 25.3. The Morgan fingerprint density at radius 1 is 1.19 bits per heavy atom. The lowest BCUT2D eigenvalue weighted by molar-refractivity contribution is 0.544. The SMILES string of the molecule is CCCC1=C(CCC)C2=C([CH]1)CCCC2C. The molecule has 2 rings (SSSR count). The summed E-state index contributed by atoms with van der Waals surface area (Å²) >= 11 is 0. The Morgan fingerprint density at radius 2 is 1.94 bits per heavy atom. The fourth-order valence-corrected chi connectivity index (χ4v) is 3.34. The summed E-state index contributed by atoms with van der Waals surface area (Å²) in [6.07, 6.45) is 11.8. The molecule has 0 aliphatic heterocycles. The van der Waals surface area contributed by atoms with Gasteiger partial charge in [0.2, 0.25) is 0 Å². The lowest BCUT2D eigenvalue weighted by atomic mass is 9.82. The van der Waals surface area contributed by atoms with Crippen molar-refractivity contribution in [3.63, 3.8) is 0 Å². The average molecular weight is 217 g/mol. The van der Waals surface area contributed by atoms with Gasteiger partial charge in [0.15, 0.2) is 0 Å². The van der Waals surface area contributed by atoms with Crippen molar-refractivity contribution >= 4 is 0 Å². The molecule has 0 aromatic carbocycles. The molecule has 16 heavy (non-hydrogen) atoms. The predicted octanol–water partition coefficient (Wildman–Crippen LogP) is 5.22. The minimum Gasteiger partial charge on any atom is -0.0651 e. The third-order valence-electron chi connectivity index (χ3n) is 4.00. The number of hydrogen-bond acceptors (Lipinski definition) is 0. The summed E-state index contributed by atoms with van der Waals surface area (Å²) in [7, 11) is 0. The first-order valence-corrected chi connectivity index (χ1v) is 7.08. The van der Waals surface area contributed by atoms with Crippen LogP contribution < -0.4 is 0 Å². The van der Waals surface area contributed by atoms with Crippen LogP contribution in [0, 0.1) is 12.3 Å². The molecule has 0 saturated heterocycles. The van der Waals surface area contributed by atoms with Crippen LogP contribution in [0.1, 0.15) is 65.7 Å². The molecule has 0 bridgehead atoms. The van der Waals surface area contributed by atoms with Crippen molar-refractivity contribution < 1.29 is 0 Å². The van der Waals surface area contributed by atoms with Gasteiger partial charge in [-0.25, -0.2) is 0 Å². The Bertz CT molecular complexity index is 317. The molecular formula is C16H25. The minimum atomic E-state index is 0.816. The second kappa shape index (κ2) is 5.21. The lowest BCUT2D eigenvalue weighted by Crippen LogP contribution is -2.08. The summed E-state index contributed by atoms with van der Waals surface area (Å²) in [5, 5.41) is 0. The van der Waals surface area contributed by atoms with Gasteiger partial charge in [-0.05, 0) is 49.2 Å². The van der Waals surface area contributed by atoms with Gasteiger partial charge in [-0.2, -0.15) is 0 Å². The third kappa shape index (κ3) is 2.12. The maximum Gasteiger partial charge on any atom is 0.0122 e. The van der Waals surface area contributed by atoms with Crippen LogP contribution in [0.2, 0.25) is 0 Å². The van der Waals surface area contributed by atoms with E-state index in [0.29, 0.717) is 0 Å². The molecule has 89 valence electrons. The van der Waals surface area contributed by atoms with E-state index in [-0.39, 0.29) is 0 Å². The van der Waals surface area contributed by atoms with E-state index in [1.807, 2.05) is 0 Å². The first-order valence-electron chi connectivity index (χ1n) is 7.08. The zero-order chi connectivity index (χ0) is 11.5. The van der Waals surface area contributed by atoms with Crippen LogP contribution in [-0.4, -0.2) is 0 Å². The Balaban J connectivity index is 2.26. The summed E-state index contributed by atoms with van der Waals surface area (Å²) in [5.41, 5.74) is 6.83. The molecule has 0 aromatic heterocycles. The molecule has 2 aliphatic rings. The van der Waals surface area contributed by atoms with E-state index in [1.165, 1.54) is 44.9 Å². The molecule has 0 N–H and O–H groups in total. The standard InChI is InChI=1S/C16H25/c1-4-7-13-11-14-10-6-9-12(3)16(14)15(13)8-5-2/h11-12H,4-10H2,1-3H3. The van der Waals surface area contributed by atoms with E-state index in [0.717, 1.165) is 5.92 Å². The summed E-state index contributed by atoms with van der Waals surface area (Å²) < 4.78 is 0. The number of allylic oxidation sites excluding steroid dienone is 4. The average Bonchev–Trinajstić information content (AvgIpc) is 2.59. The Morgan fingerprint density at radius 3 is 2.62 bits per heavy atom. The van der Waals surface area contributed by atoms with Crippen LogP contribution in [0.15, 0.2) is 22.3 Å². The van der Waals surface area contributed by atoms with Gasteiger partial charge >= 0.3 is 0 Å². The largest absolute Gasteiger partial charge is 0.0651 e. The summed E-state index contributed by atoms with van der Waals surface area (Å²) in [6, 6.07) is 0. The van der Waals surface area contributed by atoms with Crippen molar-refractivity contribution in [3.05, 3.63) is 28.7 Å². The Hall–Kier alpha value is -0.520. The van der Waals surface area contributed by atoms with Crippen LogP contribution in [0.25, 0.3) is 0 Å². The van der Waals surface area contributed by atoms with Crippen molar-refractivity contribution in [2.24, 2.45) is 5.92 Å². The molecule has 1 radical (unpaired) electrons. The van der Waals surface area contributed by atoms with E-state index in [9.17, 15) is 0 Å². The highest BCUT2D eigenvalue weighted by Crippen LogP contribution is 2.45. The van der Waals surface area contributed by atoms with Crippen molar-refractivity contribution in [1.82, 2.24) is 0 Å². The summed E-state index contributed by atoms with van der Waals surface area (Å²) in [5.74, 6) is 0.816. The molecular weight excluding hydrogens is 192 g/mol. The second-order valence-electron chi connectivity index (χ2n) is 5.38. The topological polar surface area (TPSA) is 0 Å². The quantitative estimate of drug-likeness (QED) is 0.606. The molecule has 1 atom stereocenters. The van der Waals surface area contributed by atoms with Gasteiger partial charge in [0, 0.05) is 6.42 Å². The highest BCUT2D eigenvalue weighted by atomic mass is 14.3. The van der Waals surface area contributed by atoms with Gasteiger partial charge in [0.25, 0.3) is 0 Å². The Labute approximate surface area is 101 Å². The van der Waals surface area contributed by atoms with E-state index >= 15 is 0 Å². The zero-order valence-corrected chi connectivity index (χ0v) is 11.1. The molecule has 0 amide bonds. The Kier molecular flexibility index (Phi) is 3.89. The van der Waals surface area contributed by atoms with Gasteiger partial charge < -0.3 is 0 Å². The summed E-state index contributed by atoms with van der Waals surface area (Å²) in [4.78, 5) is 0. The van der Waals surface area contributed by atoms with E-state index in [1.54, 1.807) is 22.3 Å². The van der Waals surface area contributed by atoms with Gasteiger partial charge in [0.1, 0.15) is 0 Å². The maximum atomic E-state index is 2.53. The van der Waals surface area contributed by atoms with Crippen molar-refractivity contribution in [2.75, 3.05) is 0 Å². The van der Waals surface area contributed by atoms with Gasteiger partial charge in [-0.3, -0.25) is 0 Å². The third-order valence-corrected chi connectivity index (χ3v) is 4.00. The molecule has 0 nitrogen and oxygen atoms in total. The molecule has 0 fully saturated rings. The molecule has 0 heteroatoms. The molecule has 0 heterocycles. The summed E-state index contributed by atoms with van der Waals surface area (Å²) in [6.45, 7) is 7.03. The maximum absolute atomic E-state index is 2.53. The highest BCUT2D eigenvalue weighted by Gasteiger charge is 2.29. The predicted molar refractivity (Wildman–Crippen MR) is 71.2 cm³/mol. The van der Waals surface area contributed by atoms with E-state index in [2.05, 4.69) is 27.2 Å². The molecule has 2 aliphatic carbocycles. The van der Waals surface area contributed by atoms with E-state index < -0.39 is 0 Å². The van der Waals surface area contributed by atoms with Crippen LogP contribution in [-0.2, 0) is 0 Å². The minimum absolute atomic E-state index is 0.816. The van der Waals surface area contributed by atoms with Gasteiger partial charge in [0.05, 0.1) is 0 Å². The van der Waals surface area contributed by atoms with Gasteiger partial charge in [-0.15, -0.1) is 0 Å². The molecule has 0 spiro atoms. The smallest absolute Gasteiger partial charge is 0.0122 e. The van der Waals surface area contributed by atoms with Crippen LogP contribution in [0.5, 0.6) is 0 Å². The van der Waals surface area contributed by atoms with Crippen molar-refractivity contribution in [3.8, 4) is 0 Å². The number of rotatable bonds is 4.